The molecule has 10 heteroatoms. The summed E-state index contributed by atoms with van der Waals surface area (Å²) in [5.74, 6) is 1.43. The van der Waals surface area contributed by atoms with Crippen LogP contribution in [0.1, 0.15) is 37.6 Å². The average Bonchev–Trinajstić information content (AvgIpc) is 3.11. The molecular formula is C29H27IN4O4S. The van der Waals surface area contributed by atoms with E-state index in [0.29, 0.717) is 47.1 Å². The third-order valence-corrected chi connectivity index (χ3v) is 7.45. The van der Waals surface area contributed by atoms with Crippen molar-refractivity contribution < 1.29 is 19.0 Å². The molecule has 0 N–H and O–H groups in total. The predicted molar refractivity (Wildman–Crippen MR) is 159 cm³/mol. The number of para-hydroxylation sites is 1. The van der Waals surface area contributed by atoms with Gasteiger partial charge in [-0.2, -0.15) is 4.98 Å². The molecule has 2 heterocycles. The van der Waals surface area contributed by atoms with E-state index < -0.39 is 6.23 Å². The van der Waals surface area contributed by atoms with Gasteiger partial charge in [0.2, 0.25) is 23.2 Å². The van der Waals surface area contributed by atoms with Gasteiger partial charge < -0.3 is 14.2 Å². The van der Waals surface area contributed by atoms with Crippen molar-refractivity contribution in [3.8, 4) is 28.6 Å². The number of anilines is 1. The van der Waals surface area contributed by atoms with Crippen molar-refractivity contribution >= 4 is 45.9 Å². The van der Waals surface area contributed by atoms with Crippen LogP contribution < -0.4 is 19.1 Å². The van der Waals surface area contributed by atoms with E-state index >= 15 is 0 Å². The summed E-state index contributed by atoms with van der Waals surface area (Å²) in [4.78, 5) is 19.8. The third kappa shape index (κ3) is 5.67. The van der Waals surface area contributed by atoms with Gasteiger partial charge in [0.25, 0.3) is 0 Å². The Hall–Kier alpha value is -3.38. The van der Waals surface area contributed by atoms with Crippen molar-refractivity contribution in [2.45, 2.75) is 38.3 Å². The molecule has 0 saturated heterocycles. The normalized spacial score (nSPS) is 14.1. The van der Waals surface area contributed by atoms with Crippen LogP contribution in [0.15, 0.2) is 71.9 Å². The Kier molecular flexibility index (Phi) is 8.51. The fourth-order valence-corrected chi connectivity index (χ4v) is 5.40. The first-order chi connectivity index (χ1) is 19.0. The summed E-state index contributed by atoms with van der Waals surface area (Å²) in [7, 11) is 0. The molecule has 0 bridgehead atoms. The third-order valence-electron chi connectivity index (χ3n) is 6.11. The fourth-order valence-electron chi connectivity index (χ4n) is 4.32. The van der Waals surface area contributed by atoms with E-state index in [1.807, 2.05) is 86.8 Å². The Morgan fingerprint density at radius 1 is 1.05 bits per heavy atom. The Bertz CT molecular complexity index is 1490. The molecule has 1 aromatic heterocycles. The number of aromatic nitrogens is 3. The number of rotatable bonds is 8. The summed E-state index contributed by atoms with van der Waals surface area (Å²) in [6.07, 6.45) is 1.35. The molecule has 1 amide bonds. The summed E-state index contributed by atoms with van der Waals surface area (Å²) < 4.78 is 19.6. The van der Waals surface area contributed by atoms with Gasteiger partial charge in [0.1, 0.15) is 6.61 Å². The van der Waals surface area contributed by atoms with Crippen LogP contribution in [0.4, 0.5) is 5.69 Å². The second-order valence-electron chi connectivity index (χ2n) is 8.59. The van der Waals surface area contributed by atoms with E-state index in [4.69, 9.17) is 14.2 Å². The number of nitrogens with zero attached hydrogens (tertiary/aromatic N) is 4. The van der Waals surface area contributed by atoms with Gasteiger partial charge in [-0.05, 0) is 59.5 Å². The molecule has 0 aliphatic carbocycles. The highest BCUT2D eigenvalue weighted by atomic mass is 127. The van der Waals surface area contributed by atoms with Crippen LogP contribution in [0.2, 0.25) is 0 Å². The van der Waals surface area contributed by atoms with Crippen molar-refractivity contribution in [1.29, 1.82) is 0 Å². The van der Waals surface area contributed by atoms with Crippen molar-refractivity contribution in [2.75, 3.05) is 17.8 Å². The maximum Gasteiger partial charge on any atom is 0.247 e. The van der Waals surface area contributed by atoms with E-state index in [0.717, 1.165) is 20.3 Å². The van der Waals surface area contributed by atoms with Crippen LogP contribution in [0.25, 0.3) is 11.3 Å². The van der Waals surface area contributed by atoms with Crippen molar-refractivity contribution in [2.24, 2.45) is 0 Å². The molecule has 4 aromatic rings. The SMILES string of the molecule is CCOc1cc(C2Oc3nc(SC)nnc3-c3ccccc3N2C(=O)CC)cc(I)c1OCc1ccccc1. The number of carbonyl (C=O) groups excluding carboxylic acids is 1. The highest BCUT2D eigenvalue weighted by molar-refractivity contribution is 14.1. The molecule has 0 fully saturated rings. The summed E-state index contributed by atoms with van der Waals surface area (Å²) in [6, 6.07) is 21.4. The number of benzene rings is 3. The van der Waals surface area contributed by atoms with Gasteiger partial charge in [-0.15, -0.1) is 10.2 Å². The van der Waals surface area contributed by atoms with Crippen molar-refractivity contribution in [3.05, 3.63) is 81.4 Å². The summed E-state index contributed by atoms with van der Waals surface area (Å²) in [6.45, 7) is 4.61. The van der Waals surface area contributed by atoms with Crippen LogP contribution in [0.3, 0.4) is 0 Å². The first-order valence-corrected chi connectivity index (χ1v) is 14.8. The molecule has 8 nitrogen and oxygen atoms in total. The predicted octanol–water partition coefficient (Wildman–Crippen LogP) is 6.68. The molecule has 1 unspecified atom stereocenters. The first kappa shape index (κ1) is 27.2. The lowest BCUT2D eigenvalue weighted by atomic mass is 10.1. The van der Waals surface area contributed by atoms with Gasteiger partial charge in [0.15, 0.2) is 17.2 Å². The van der Waals surface area contributed by atoms with E-state index in [1.54, 1.807) is 4.90 Å². The standard InChI is InChI=1S/C29H27IN4O4S/c1-4-24(35)34-22-14-10-9-13-20(22)25-27(31-29(39-3)33-32-25)38-28(34)19-15-21(30)26(23(16-19)36-5-2)37-17-18-11-7-6-8-12-18/h6-16,28H,4-5,17H2,1-3H3. The van der Waals surface area contributed by atoms with Crippen LogP contribution in [-0.4, -0.2) is 34.0 Å². The van der Waals surface area contributed by atoms with E-state index in [1.165, 1.54) is 11.8 Å². The van der Waals surface area contributed by atoms with E-state index in [-0.39, 0.29) is 12.3 Å². The number of fused-ring (bicyclic) bond motifs is 3. The number of amides is 1. The monoisotopic (exact) mass is 654 g/mol. The molecule has 0 spiro atoms. The van der Waals surface area contributed by atoms with Gasteiger partial charge in [0, 0.05) is 17.5 Å². The number of hydrogen-bond acceptors (Lipinski definition) is 8. The Labute approximate surface area is 245 Å². The highest BCUT2D eigenvalue weighted by Crippen LogP contribution is 2.45. The fraction of sp³-hybridized carbons (Fsp3) is 0.241. The number of carbonyl (C=O) groups is 1. The maximum atomic E-state index is 13.5. The zero-order valence-corrected chi connectivity index (χ0v) is 24.7. The summed E-state index contributed by atoms with van der Waals surface area (Å²) in [5, 5.41) is 9.14. The Balaban J connectivity index is 1.63. The number of hydrogen-bond donors (Lipinski definition) is 0. The van der Waals surface area contributed by atoms with Gasteiger partial charge in [0.05, 0.1) is 15.9 Å². The van der Waals surface area contributed by atoms with Gasteiger partial charge >= 0.3 is 0 Å². The minimum absolute atomic E-state index is 0.101. The Morgan fingerprint density at radius 3 is 2.56 bits per heavy atom. The largest absolute Gasteiger partial charge is 0.490 e. The minimum Gasteiger partial charge on any atom is -0.490 e. The molecular weight excluding hydrogens is 627 g/mol. The summed E-state index contributed by atoms with van der Waals surface area (Å²) in [5.41, 5.74) is 3.67. The lowest BCUT2D eigenvalue weighted by molar-refractivity contribution is -0.120. The van der Waals surface area contributed by atoms with Crippen LogP contribution in [-0.2, 0) is 11.4 Å². The molecule has 200 valence electrons. The minimum atomic E-state index is -0.817. The lowest BCUT2D eigenvalue weighted by Gasteiger charge is -2.31. The first-order valence-electron chi connectivity index (χ1n) is 12.5. The topological polar surface area (TPSA) is 86.7 Å². The zero-order valence-electron chi connectivity index (χ0n) is 21.8. The molecule has 0 radical (unpaired) electrons. The number of thioether (sulfide) groups is 1. The quantitative estimate of drug-likeness (QED) is 0.154. The number of halogens is 1. The highest BCUT2D eigenvalue weighted by Gasteiger charge is 2.36. The van der Waals surface area contributed by atoms with Crippen molar-refractivity contribution in [1.82, 2.24) is 15.2 Å². The molecule has 5 rings (SSSR count). The Morgan fingerprint density at radius 2 is 1.82 bits per heavy atom. The second kappa shape index (κ2) is 12.2. The van der Waals surface area contributed by atoms with Crippen molar-refractivity contribution in [3.63, 3.8) is 0 Å². The summed E-state index contributed by atoms with van der Waals surface area (Å²) >= 11 is 3.61. The van der Waals surface area contributed by atoms with Gasteiger partial charge in [-0.25, -0.2) is 0 Å². The van der Waals surface area contributed by atoms with E-state index in [9.17, 15) is 4.79 Å². The van der Waals surface area contributed by atoms with Gasteiger partial charge in [-0.3, -0.25) is 9.69 Å². The molecule has 1 aliphatic heterocycles. The molecule has 0 saturated carbocycles. The smallest absolute Gasteiger partial charge is 0.247 e. The zero-order chi connectivity index (χ0) is 27.4. The molecule has 1 aliphatic rings. The molecule has 3 aromatic carbocycles. The molecule has 1 atom stereocenters. The number of ether oxygens (including phenoxy) is 3. The van der Waals surface area contributed by atoms with Crippen LogP contribution in [0, 0.1) is 3.57 Å². The average molecular weight is 655 g/mol. The maximum absolute atomic E-state index is 13.5. The molecule has 39 heavy (non-hydrogen) atoms. The second-order valence-corrected chi connectivity index (χ2v) is 10.5. The van der Waals surface area contributed by atoms with Gasteiger partial charge in [-0.1, -0.05) is 67.2 Å². The van der Waals surface area contributed by atoms with Crippen LogP contribution >= 0.6 is 34.4 Å². The van der Waals surface area contributed by atoms with E-state index in [2.05, 4.69) is 37.8 Å². The van der Waals surface area contributed by atoms with Crippen LogP contribution in [0.5, 0.6) is 17.4 Å². The lowest BCUT2D eigenvalue weighted by Crippen LogP contribution is -2.37.